The zero-order valence-corrected chi connectivity index (χ0v) is 16.5. The van der Waals surface area contributed by atoms with E-state index in [0.717, 1.165) is 22.4 Å². The Kier molecular flexibility index (Phi) is 6.65. The van der Waals surface area contributed by atoms with Crippen LogP contribution in [0.25, 0.3) is 10.2 Å². The Hall–Kier alpha value is -2.60. The van der Waals surface area contributed by atoms with Gasteiger partial charge in [0.2, 0.25) is 0 Å². The second-order valence-electron chi connectivity index (χ2n) is 6.17. The van der Waals surface area contributed by atoms with E-state index in [1.54, 1.807) is 12.1 Å². The lowest BCUT2D eigenvalue weighted by molar-refractivity contribution is -0.118. The van der Waals surface area contributed by atoms with Crippen LogP contribution in [0.1, 0.15) is 32.3 Å². The molecule has 0 atom stereocenters. The minimum absolute atomic E-state index is 0.0638. The van der Waals surface area contributed by atoms with E-state index in [9.17, 15) is 4.79 Å². The summed E-state index contributed by atoms with van der Waals surface area (Å²) in [7, 11) is 0. The predicted molar refractivity (Wildman–Crippen MR) is 110 cm³/mol. The van der Waals surface area contributed by atoms with Gasteiger partial charge in [0.15, 0.2) is 11.7 Å². The lowest BCUT2D eigenvalue weighted by atomic mass is 10.1. The van der Waals surface area contributed by atoms with E-state index in [-0.39, 0.29) is 12.5 Å². The number of unbranched alkanes of at least 4 members (excludes halogenated alkanes) is 1. The lowest BCUT2D eigenvalue weighted by Gasteiger charge is -2.07. The first-order valence-corrected chi connectivity index (χ1v) is 10.0. The zero-order valence-electron chi connectivity index (χ0n) is 15.7. The summed E-state index contributed by atoms with van der Waals surface area (Å²) in [6.07, 6.45) is 3.43. The average Bonchev–Trinajstić information content (AvgIpc) is 3.07. The molecule has 2 aromatic carbocycles. The summed E-state index contributed by atoms with van der Waals surface area (Å²) in [6, 6.07) is 13.5. The summed E-state index contributed by atoms with van der Waals surface area (Å²) in [5, 5.41) is 3.41. The highest BCUT2D eigenvalue weighted by molar-refractivity contribution is 7.22. The van der Waals surface area contributed by atoms with E-state index in [4.69, 9.17) is 9.47 Å². The van der Waals surface area contributed by atoms with Crippen LogP contribution in [0.5, 0.6) is 11.5 Å². The number of amides is 1. The average molecular weight is 385 g/mol. The number of benzene rings is 2. The van der Waals surface area contributed by atoms with Gasteiger partial charge in [-0.1, -0.05) is 30.7 Å². The van der Waals surface area contributed by atoms with Gasteiger partial charge in [-0.15, -0.1) is 0 Å². The number of carbonyl (C=O) groups excluding carboxylic acids is 1. The number of anilines is 1. The second kappa shape index (κ2) is 9.37. The molecule has 3 aromatic rings. The number of rotatable bonds is 9. The molecule has 0 fully saturated rings. The molecule has 0 aliphatic rings. The van der Waals surface area contributed by atoms with Crippen molar-refractivity contribution in [3.8, 4) is 11.5 Å². The molecule has 3 rings (SSSR count). The van der Waals surface area contributed by atoms with Gasteiger partial charge in [-0.2, -0.15) is 0 Å². The summed E-state index contributed by atoms with van der Waals surface area (Å²) < 4.78 is 12.0. The zero-order chi connectivity index (χ0) is 19.1. The number of thiazole rings is 1. The van der Waals surface area contributed by atoms with Crippen molar-refractivity contribution < 1.29 is 14.3 Å². The number of hydrogen-bond donors (Lipinski definition) is 1. The number of nitrogens with zero attached hydrogens (tertiary/aromatic N) is 1. The van der Waals surface area contributed by atoms with Gasteiger partial charge in [0, 0.05) is 0 Å². The lowest BCUT2D eigenvalue weighted by Crippen LogP contribution is -2.19. The van der Waals surface area contributed by atoms with Crippen molar-refractivity contribution in [2.24, 2.45) is 0 Å². The van der Waals surface area contributed by atoms with Crippen LogP contribution in [0.4, 0.5) is 5.13 Å². The molecule has 0 saturated carbocycles. The molecular formula is C21H24N2O3S. The molecule has 1 aromatic heterocycles. The first-order chi connectivity index (χ1) is 13.2. The van der Waals surface area contributed by atoms with E-state index in [0.29, 0.717) is 17.5 Å². The molecule has 0 bridgehead atoms. The monoisotopic (exact) mass is 384 g/mol. The highest BCUT2D eigenvalue weighted by Crippen LogP contribution is 2.27. The molecule has 0 saturated heterocycles. The minimum atomic E-state index is -0.228. The van der Waals surface area contributed by atoms with Crippen molar-refractivity contribution in [2.75, 3.05) is 18.5 Å². The predicted octanol–water partition coefficient (Wildman–Crippen LogP) is 5.06. The third kappa shape index (κ3) is 5.44. The summed E-state index contributed by atoms with van der Waals surface area (Å²) in [5.74, 6) is 1.18. The van der Waals surface area contributed by atoms with Crippen molar-refractivity contribution in [2.45, 2.75) is 33.1 Å². The van der Waals surface area contributed by atoms with Gasteiger partial charge in [0.1, 0.15) is 11.5 Å². The van der Waals surface area contributed by atoms with Crippen LogP contribution in [0.3, 0.4) is 0 Å². The Morgan fingerprint density at radius 3 is 2.52 bits per heavy atom. The highest BCUT2D eigenvalue weighted by Gasteiger charge is 2.09. The van der Waals surface area contributed by atoms with Crippen molar-refractivity contribution in [1.29, 1.82) is 0 Å². The number of aryl methyl sites for hydroxylation is 1. The smallest absolute Gasteiger partial charge is 0.264 e. The third-order valence-corrected chi connectivity index (χ3v) is 4.96. The molecule has 1 amide bonds. The SMILES string of the molecule is CCCCc1ccc2nc(NC(=O)COc3ccc(OCC)cc3)sc2c1. The Morgan fingerprint density at radius 1 is 1.07 bits per heavy atom. The molecule has 1 N–H and O–H groups in total. The van der Waals surface area contributed by atoms with Gasteiger partial charge >= 0.3 is 0 Å². The topological polar surface area (TPSA) is 60.5 Å². The largest absolute Gasteiger partial charge is 0.494 e. The highest BCUT2D eigenvalue weighted by atomic mass is 32.1. The standard InChI is InChI=1S/C21H24N2O3S/c1-3-5-6-15-7-12-18-19(13-15)27-21(22-18)23-20(24)14-26-17-10-8-16(9-11-17)25-4-2/h7-13H,3-6,14H2,1-2H3,(H,22,23,24). The van der Waals surface area contributed by atoms with E-state index >= 15 is 0 Å². The van der Waals surface area contributed by atoms with Crippen molar-refractivity contribution in [3.05, 3.63) is 48.0 Å². The van der Waals surface area contributed by atoms with E-state index in [1.165, 1.54) is 29.7 Å². The van der Waals surface area contributed by atoms with Gasteiger partial charge in [-0.05, 0) is 61.7 Å². The molecule has 27 heavy (non-hydrogen) atoms. The fourth-order valence-corrected chi connectivity index (χ4v) is 3.61. The van der Waals surface area contributed by atoms with Crippen LogP contribution in [-0.4, -0.2) is 24.1 Å². The molecule has 0 spiro atoms. The van der Waals surface area contributed by atoms with Crippen LogP contribution >= 0.6 is 11.3 Å². The number of carbonyl (C=O) groups is 1. The number of aromatic nitrogens is 1. The van der Waals surface area contributed by atoms with Gasteiger partial charge in [-0.25, -0.2) is 4.98 Å². The van der Waals surface area contributed by atoms with Crippen LogP contribution < -0.4 is 14.8 Å². The second-order valence-corrected chi connectivity index (χ2v) is 7.20. The molecule has 0 radical (unpaired) electrons. The molecule has 5 nitrogen and oxygen atoms in total. The fourth-order valence-electron chi connectivity index (χ4n) is 2.66. The normalized spacial score (nSPS) is 10.7. The fraction of sp³-hybridized carbons (Fsp3) is 0.333. The molecule has 1 heterocycles. The van der Waals surface area contributed by atoms with Crippen molar-refractivity contribution in [1.82, 2.24) is 4.98 Å². The van der Waals surface area contributed by atoms with Crippen LogP contribution in [0.2, 0.25) is 0 Å². The van der Waals surface area contributed by atoms with E-state index in [1.807, 2.05) is 25.1 Å². The number of nitrogens with one attached hydrogen (secondary N) is 1. The van der Waals surface area contributed by atoms with Crippen LogP contribution in [0, 0.1) is 0 Å². The van der Waals surface area contributed by atoms with Crippen LogP contribution in [-0.2, 0) is 11.2 Å². The van der Waals surface area contributed by atoms with E-state index < -0.39 is 0 Å². The molecule has 0 aliphatic heterocycles. The Morgan fingerprint density at radius 2 is 1.81 bits per heavy atom. The Balaban J connectivity index is 1.55. The quantitative estimate of drug-likeness (QED) is 0.560. The van der Waals surface area contributed by atoms with Gasteiger partial charge < -0.3 is 9.47 Å². The molecule has 142 valence electrons. The maximum Gasteiger partial charge on any atom is 0.264 e. The van der Waals surface area contributed by atoms with Crippen molar-refractivity contribution >= 4 is 32.6 Å². The first-order valence-electron chi connectivity index (χ1n) is 9.23. The first kappa shape index (κ1) is 19.2. The summed E-state index contributed by atoms with van der Waals surface area (Å²) in [6.45, 7) is 4.67. The van der Waals surface area contributed by atoms with Crippen LogP contribution in [0.15, 0.2) is 42.5 Å². The molecule has 0 aliphatic carbocycles. The van der Waals surface area contributed by atoms with Gasteiger partial charge in [0.25, 0.3) is 5.91 Å². The number of hydrogen-bond acceptors (Lipinski definition) is 5. The van der Waals surface area contributed by atoms with E-state index in [2.05, 4.69) is 29.4 Å². The third-order valence-electron chi connectivity index (χ3n) is 4.02. The van der Waals surface area contributed by atoms with Gasteiger partial charge in [0.05, 0.1) is 16.8 Å². The summed E-state index contributed by atoms with van der Waals surface area (Å²) >= 11 is 1.49. The molecule has 6 heteroatoms. The Labute approximate surface area is 163 Å². The van der Waals surface area contributed by atoms with Gasteiger partial charge in [-0.3, -0.25) is 10.1 Å². The summed E-state index contributed by atoms with van der Waals surface area (Å²) in [5.41, 5.74) is 2.22. The molecule has 0 unspecified atom stereocenters. The summed E-state index contributed by atoms with van der Waals surface area (Å²) in [4.78, 5) is 16.6. The maximum atomic E-state index is 12.1. The Bertz CT molecular complexity index is 890. The number of fused-ring (bicyclic) bond motifs is 1. The number of ether oxygens (including phenoxy) is 2. The minimum Gasteiger partial charge on any atom is -0.494 e. The van der Waals surface area contributed by atoms with Crippen molar-refractivity contribution in [3.63, 3.8) is 0 Å². The maximum absolute atomic E-state index is 12.1. The molecular weight excluding hydrogens is 360 g/mol.